The largest absolute Gasteiger partial charge is 0.453 e. The fourth-order valence-electron chi connectivity index (χ4n) is 2.97. The lowest BCUT2D eigenvalue weighted by Crippen LogP contribution is -2.46. The Balaban J connectivity index is 1.32. The molecule has 0 unspecified atom stereocenters. The topological polar surface area (TPSA) is 85.2 Å². The normalized spacial score (nSPS) is 15.4. The van der Waals surface area contributed by atoms with Gasteiger partial charge in [-0.05, 0) is 23.9 Å². The number of furan rings is 1. The zero-order valence-electron chi connectivity index (χ0n) is 15.3. The van der Waals surface area contributed by atoms with Crippen molar-refractivity contribution in [3.8, 4) is 0 Å². The second-order valence-electron chi connectivity index (χ2n) is 6.49. The molecule has 9 nitrogen and oxygen atoms in total. The Morgan fingerprint density at radius 3 is 2.70 bits per heavy atom. The van der Waals surface area contributed by atoms with Gasteiger partial charge in [0.25, 0.3) is 5.56 Å². The molecule has 3 aromatic rings. The summed E-state index contributed by atoms with van der Waals surface area (Å²) in [5.41, 5.74) is 0.802. The van der Waals surface area contributed by atoms with Crippen LogP contribution < -0.4 is 10.5 Å². The van der Waals surface area contributed by atoms with Crippen LogP contribution in [0.2, 0.25) is 0 Å². The van der Waals surface area contributed by atoms with Crippen LogP contribution in [0.25, 0.3) is 0 Å². The van der Waals surface area contributed by atoms with Crippen LogP contribution in [0.1, 0.15) is 5.76 Å². The van der Waals surface area contributed by atoms with Crippen molar-refractivity contribution in [1.82, 2.24) is 29.4 Å². The third-order valence-corrected chi connectivity index (χ3v) is 5.54. The second-order valence-corrected chi connectivity index (χ2v) is 7.46. The summed E-state index contributed by atoms with van der Waals surface area (Å²) < 4.78 is 9.13. The van der Waals surface area contributed by atoms with Crippen molar-refractivity contribution < 1.29 is 4.42 Å². The molecule has 3 aromatic heterocycles. The highest BCUT2D eigenvalue weighted by Gasteiger charge is 2.19. The van der Waals surface area contributed by atoms with Gasteiger partial charge in [0.1, 0.15) is 12.1 Å². The number of anilines is 1. The molecule has 0 aliphatic carbocycles. The van der Waals surface area contributed by atoms with Crippen molar-refractivity contribution in [3.63, 3.8) is 0 Å². The Morgan fingerprint density at radius 1 is 1.19 bits per heavy atom. The molecule has 0 N–H and O–H groups in total. The zero-order chi connectivity index (χ0) is 18.8. The molecule has 0 aromatic carbocycles. The van der Waals surface area contributed by atoms with Gasteiger partial charge in [-0.1, -0.05) is 0 Å². The van der Waals surface area contributed by atoms with Gasteiger partial charge in [0.2, 0.25) is 0 Å². The Morgan fingerprint density at radius 2 is 2.00 bits per heavy atom. The minimum Gasteiger partial charge on any atom is -0.453 e. The van der Waals surface area contributed by atoms with Gasteiger partial charge in [0, 0.05) is 46.3 Å². The van der Waals surface area contributed by atoms with Crippen LogP contribution in [0, 0.1) is 0 Å². The van der Waals surface area contributed by atoms with Crippen molar-refractivity contribution in [2.75, 3.05) is 31.1 Å². The first-order valence-corrected chi connectivity index (χ1v) is 9.51. The van der Waals surface area contributed by atoms with Crippen molar-refractivity contribution in [1.29, 1.82) is 0 Å². The smallest absolute Gasteiger partial charge is 0.268 e. The van der Waals surface area contributed by atoms with Gasteiger partial charge in [-0.2, -0.15) is 5.10 Å². The molecule has 0 atom stereocenters. The Hall–Kier alpha value is -2.59. The average molecular weight is 387 g/mol. The number of piperazine rings is 1. The SMILES string of the molecule is Cn1cnnc1Sc1ccc(CN2CCN(c3cnn(C)c(=O)c3)CC2)o1. The molecule has 1 saturated heterocycles. The molecule has 10 heteroatoms. The van der Waals surface area contributed by atoms with Gasteiger partial charge in [-0.3, -0.25) is 9.69 Å². The summed E-state index contributed by atoms with van der Waals surface area (Å²) >= 11 is 1.46. The molecule has 1 aliphatic heterocycles. The lowest BCUT2D eigenvalue weighted by molar-refractivity contribution is 0.225. The molecular formula is C17H21N7O2S. The van der Waals surface area contributed by atoms with E-state index in [9.17, 15) is 4.79 Å². The molecule has 1 aliphatic rings. The summed E-state index contributed by atoms with van der Waals surface area (Å²) in [5.74, 6) is 0.934. The van der Waals surface area contributed by atoms with Crippen LogP contribution in [0.5, 0.6) is 0 Å². The van der Waals surface area contributed by atoms with E-state index in [1.165, 1.54) is 16.4 Å². The van der Waals surface area contributed by atoms with Crippen molar-refractivity contribution in [2.45, 2.75) is 16.8 Å². The number of hydrogen-bond acceptors (Lipinski definition) is 8. The highest BCUT2D eigenvalue weighted by molar-refractivity contribution is 7.99. The number of hydrogen-bond donors (Lipinski definition) is 0. The lowest BCUT2D eigenvalue weighted by atomic mass is 10.2. The Bertz CT molecular complexity index is 972. The van der Waals surface area contributed by atoms with E-state index in [1.807, 2.05) is 23.7 Å². The molecular weight excluding hydrogens is 366 g/mol. The quantitative estimate of drug-likeness (QED) is 0.640. The number of nitrogens with zero attached hydrogens (tertiary/aromatic N) is 7. The van der Waals surface area contributed by atoms with Crippen LogP contribution >= 0.6 is 11.8 Å². The molecule has 4 heterocycles. The van der Waals surface area contributed by atoms with Gasteiger partial charge < -0.3 is 13.9 Å². The van der Waals surface area contributed by atoms with E-state index >= 15 is 0 Å². The molecule has 0 saturated carbocycles. The van der Waals surface area contributed by atoms with Crippen molar-refractivity contribution in [3.05, 3.63) is 46.8 Å². The zero-order valence-corrected chi connectivity index (χ0v) is 16.1. The van der Waals surface area contributed by atoms with E-state index < -0.39 is 0 Å². The van der Waals surface area contributed by atoms with Gasteiger partial charge in [0.05, 0.1) is 18.4 Å². The van der Waals surface area contributed by atoms with Crippen LogP contribution in [-0.4, -0.2) is 55.6 Å². The summed E-state index contributed by atoms with van der Waals surface area (Å²) in [4.78, 5) is 16.3. The van der Waals surface area contributed by atoms with Gasteiger partial charge in [0.15, 0.2) is 10.2 Å². The lowest BCUT2D eigenvalue weighted by Gasteiger charge is -2.35. The fourth-order valence-corrected chi connectivity index (χ4v) is 3.71. The van der Waals surface area contributed by atoms with Crippen molar-refractivity contribution in [2.24, 2.45) is 14.1 Å². The molecule has 4 rings (SSSR count). The monoisotopic (exact) mass is 387 g/mol. The van der Waals surface area contributed by atoms with Crippen LogP contribution in [0.3, 0.4) is 0 Å². The highest BCUT2D eigenvalue weighted by Crippen LogP contribution is 2.27. The minimum absolute atomic E-state index is 0.0848. The van der Waals surface area contributed by atoms with Crippen molar-refractivity contribution >= 4 is 17.4 Å². The van der Waals surface area contributed by atoms with Gasteiger partial charge >= 0.3 is 0 Å². The predicted molar refractivity (Wildman–Crippen MR) is 101 cm³/mol. The van der Waals surface area contributed by atoms with E-state index in [2.05, 4.69) is 25.1 Å². The Labute approximate surface area is 160 Å². The van der Waals surface area contributed by atoms with Crippen LogP contribution in [-0.2, 0) is 20.6 Å². The standard InChI is InChI=1S/C17H21N7O2S/c1-21-12-18-20-17(21)27-16-4-3-14(26-16)11-23-5-7-24(8-6-23)13-9-15(25)22(2)19-10-13/h3-4,9-10,12H,5-8,11H2,1-2H3. The first-order valence-electron chi connectivity index (χ1n) is 8.70. The molecule has 0 spiro atoms. The van der Waals surface area contributed by atoms with E-state index in [0.29, 0.717) is 0 Å². The maximum Gasteiger partial charge on any atom is 0.268 e. The van der Waals surface area contributed by atoms with Crippen LogP contribution in [0.15, 0.2) is 50.2 Å². The van der Waals surface area contributed by atoms with E-state index in [1.54, 1.807) is 25.6 Å². The summed E-state index contributed by atoms with van der Waals surface area (Å²) in [7, 11) is 3.56. The summed E-state index contributed by atoms with van der Waals surface area (Å²) in [6, 6.07) is 5.62. The summed E-state index contributed by atoms with van der Waals surface area (Å²) in [5, 5.41) is 13.6. The van der Waals surface area contributed by atoms with Gasteiger partial charge in [-0.15, -0.1) is 10.2 Å². The molecule has 27 heavy (non-hydrogen) atoms. The molecule has 0 radical (unpaired) electrons. The minimum atomic E-state index is -0.0848. The third-order valence-electron chi connectivity index (χ3n) is 4.57. The van der Waals surface area contributed by atoms with E-state index in [0.717, 1.165) is 54.4 Å². The number of rotatable bonds is 5. The molecule has 1 fully saturated rings. The number of aromatic nitrogens is 5. The number of aryl methyl sites for hydroxylation is 2. The first-order chi connectivity index (χ1) is 13.1. The van der Waals surface area contributed by atoms with E-state index in [4.69, 9.17) is 4.42 Å². The maximum atomic E-state index is 11.8. The summed E-state index contributed by atoms with van der Waals surface area (Å²) in [6.45, 7) is 4.29. The third kappa shape index (κ3) is 4.06. The maximum absolute atomic E-state index is 11.8. The Kier molecular flexibility index (Phi) is 4.99. The highest BCUT2D eigenvalue weighted by atomic mass is 32.2. The first kappa shape index (κ1) is 17.8. The predicted octanol–water partition coefficient (Wildman–Crippen LogP) is 0.975. The summed E-state index contributed by atoms with van der Waals surface area (Å²) in [6.07, 6.45) is 3.42. The molecule has 0 amide bonds. The molecule has 0 bridgehead atoms. The second kappa shape index (κ2) is 7.57. The van der Waals surface area contributed by atoms with Gasteiger partial charge in [-0.25, -0.2) is 4.68 Å². The molecule has 142 valence electrons. The van der Waals surface area contributed by atoms with E-state index in [-0.39, 0.29) is 5.56 Å². The van der Waals surface area contributed by atoms with Crippen LogP contribution in [0.4, 0.5) is 5.69 Å². The average Bonchev–Trinajstić information content (AvgIpc) is 3.28. The fraction of sp³-hybridized carbons (Fsp3) is 0.412.